The average molecular weight is 400 g/mol. The molecular weight excluding hydrogens is 382 g/mol. The number of nitrogens with zero attached hydrogens (tertiary/aromatic N) is 4. The minimum absolute atomic E-state index is 0.0216. The Kier molecular flexibility index (Phi) is 5.20. The van der Waals surface area contributed by atoms with Crippen molar-refractivity contribution in [3.8, 4) is 17.2 Å². The Labute approximate surface area is 165 Å². The molecule has 0 atom stereocenters. The number of aromatic nitrogens is 3. The van der Waals surface area contributed by atoms with Gasteiger partial charge in [0.05, 0.1) is 6.20 Å². The molecule has 0 N–H and O–H groups in total. The normalized spacial score (nSPS) is 14.8. The van der Waals surface area contributed by atoms with Crippen molar-refractivity contribution in [2.24, 2.45) is 0 Å². The van der Waals surface area contributed by atoms with Crippen molar-refractivity contribution >= 4 is 6.09 Å². The summed E-state index contributed by atoms with van der Waals surface area (Å²) in [4.78, 5) is 18.0. The third-order valence-corrected chi connectivity index (χ3v) is 4.80. The predicted octanol–water partition coefficient (Wildman–Crippen LogP) is 4.10. The Morgan fingerprint density at radius 1 is 1.14 bits per heavy atom. The largest absolute Gasteiger partial charge is 0.420 e. The molecule has 9 heteroatoms. The number of pyridine rings is 1. The highest BCUT2D eigenvalue weighted by Gasteiger charge is 2.28. The molecule has 0 aliphatic carbocycles. The second-order valence-corrected chi connectivity index (χ2v) is 6.84. The van der Waals surface area contributed by atoms with Crippen molar-refractivity contribution in [1.82, 2.24) is 20.1 Å². The third-order valence-electron chi connectivity index (χ3n) is 4.80. The maximum absolute atomic E-state index is 13.4. The molecular formula is C20H18F2N4O3. The maximum atomic E-state index is 13.4. The van der Waals surface area contributed by atoms with Gasteiger partial charge in [0.25, 0.3) is 0 Å². The first kappa shape index (κ1) is 19.0. The fourth-order valence-electron chi connectivity index (χ4n) is 3.13. The zero-order chi connectivity index (χ0) is 20.4. The highest BCUT2D eigenvalue weighted by atomic mass is 19.2. The topological polar surface area (TPSA) is 81.4 Å². The number of benzene rings is 1. The van der Waals surface area contributed by atoms with Gasteiger partial charge in [0.2, 0.25) is 11.8 Å². The van der Waals surface area contributed by atoms with Gasteiger partial charge in [-0.15, -0.1) is 10.2 Å². The Hall–Kier alpha value is -3.36. The SMILES string of the molecule is Cc1ccc(OC(=O)N2CCC(c3nnc(-c4ccc(F)c(F)c4)o3)CC2)cn1. The zero-order valence-electron chi connectivity index (χ0n) is 15.6. The summed E-state index contributed by atoms with van der Waals surface area (Å²) >= 11 is 0. The van der Waals surface area contributed by atoms with E-state index < -0.39 is 17.7 Å². The van der Waals surface area contributed by atoms with Crippen molar-refractivity contribution in [2.45, 2.75) is 25.7 Å². The Morgan fingerprint density at radius 2 is 1.93 bits per heavy atom. The second kappa shape index (κ2) is 7.94. The fraction of sp³-hybridized carbons (Fsp3) is 0.300. The molecule has 1 aliphatic heterocycles. The van der Waals surface area contributed by atoms with Crippen LogP contribution in [-0.4, -0.2) is 39.3 Å². The summed E-state index contributed by atoms with van der Waals surface area (Å²) in [5, 5.41) is 7.97. The molecule has 1 aromatic carbocycles. The monoisotopic (exact) mass is 400 g/mol. The lowest BCUT2D eigenvalue weighted by Crippen LogP contribution is -2.39. The van der Waals surface area contributed by atoms with Gasteiger partial charge in [-0.1, -0.05) is 0 Å². The van der Waals surface area contributed by atoms with Crippen LogP contribution in [0, 0.1) is 18.6 Å². The van der Waals surface area contributed by atoms with Crippen LogP contribution in [0.15, 0.2) is 40.9 Å². The minimum Gasteiger partial charge on any atom is -0.420 e. The summed E-state index contributed by atoms with van der Waals surface area (Å²) in [6.45, 7) is 2.81. The number of hydrogen-bond acceptors (Lipinski definition) is 6. The first-order chi connectivity index (χ1) is 14.0. The molecule has 150 valence electrons. The number of likely N-dealkylation sites (tertiary alicyclic amines) is 1. The number of carbonyl (C=O) groups is 1. The zero-order valence-corrected chi connectivity index (χ0v) is 15.6. The van der Waals surface area contributed by atoms with Crippen molar-refractivity contribution in [3.63, 3.8) is 0 Å². The van der Waals surface area contributed by atoms with Crippen LogP contribution in [0.1, 0.15) is 30.3 Å². The van der Waals surface area contributed by atoms with E-state index in [-0.39, 0.29) is 11.8 Å². The average Bonchev–Trinajstić information content (AvgIpc) is 3.22. The highest BCUT2D eigenvalue weighted by molar-refractivity contribution is 5.70. The summed E-state index contributed by atoms with van der Waals surface area (Å²) in [5.41, 5.74) is 1.16. The van der Waals surface area contributed by atoms with Crippen molar-refractivity contribution in [3.05, 3.63) is 59.7 Å². The first-order valence-electron chi connectivity index (χ1n) is 9.18. The van der Waals surface area contributed by atoms with Gasteiger partial charge in [-0.25, -0.2) is 13.6 Å². The van der Waals surface area contributed by atoms with Crippen LogP contribution in [0.5, 0.6) is 5.75 Å². The van der Waals surface area contributed by atoms with Crippen LogP contribution >= 0.6 is 0 Å². The number of hydrogen-bond donors (Lipinski definition) is 0. The Morgan fingerprint density at radius 3 is 2.62 bits per heavy atom. The van der Waals surface area contributed by atoms with Crippen LogP contribution in [0.3, 0.4) is 0 Å². The number of piperidine rings is 1. The van der Waals surface area contributed by atoms with Crippen molar-refractivity contribution < 1.29 is 22.7 Å². The van der Waals surface area contributed by atoms with Gasteiger partial charge in [0, 0.05) is 30.3 Å². The Balaban J connectivity index is 1.36. The molecule has 0 unspecified atom stereocenters. The van der Waals surface area contributed by atoms with Crippen LogP contribution in [0.25, 0.3) is 11.5 Å². The molecule has 3 heterocycles. The van der Waals surface area contributed by atoms with Crippen molar-refractivity contribution in [1.29, 1.82) is 0 Å². The van der Waals surface area contributed by atoms with E-state index in [0.717, 1.165) is 17.8 Å². The standard InChI is InChI=1S/C20H18F2N4O3/c1-12-2-4-15(11-23-12)28-20(27)26-8-6-13(7-9-26)18-24-25-19(29-18)14-3-5-16(21)17(22)10-14/h2-5,10-11,13H,6-9H2,1H3. The first-order valence-corrected chi connectivity index (χ1v) is 9.18. The van der Waals surface area contributed by atoms with Gasteiger partial charge >= 0.3 is 6.09 Å². The van der Waals surface area contributed by atoms with E-state index in [4.69, 9.17) is 9.15 Å². The van der Waals surface area contributed by atoms with E-state index in [1.165, 1.54) is 12.3 Å². The summed E-state index contributed by atoms with van der Waals surface area (Å²) in [6.07, 6.45) is 2.33. The van der Waals surface area contributed by atoms with Crippen molar-refractivity contribution in [2.75, 3.05) is 13.1 Å². The molecule has 3 aromatic rings. The van der Waals surface area contributed by atoms with Crippen LogP contribution in [0.4, 0.5) is 13.6 Å². The lowest BCUT2D eigenvalue weighted by Gasteiger charge is -2.29. The van der Waals surface area contributed by atoms with E-state index in [1.54, 1.807) is 17.0 Å². The molecule has 0 radical (unpaired) electrons. The van der Waals surface area contributed by atoms with Gasteiger partial charge in [0.1, 0.15) is 0 Å². The number of carbonyl (C=O) groups excluding carboxylic acids is 1. The van der Waals surface area contributed by atoms with E-state index in [1.807, 2.05) is 6.92 Å². The molecule has 7 nitrogen and oxygen atoms in total. The Bertz CT molecular complexity index is 1010. The molecule has 1 saturated heterocycles. The number of rotatable bonds is 3. The maximum Gasteiger partial charge on any atom is 0.415 e. The highest BCUT2D eigenvalue weighted by Crippen LogP contribution is 2.30. The lowest BCUT2D eigenvalue weighted by molar-refractivity contribution is 0.136. The van der Waals surface area contributed by atoms with Crippen LogP contribution in [-0.2, 0) is 0 Å². The van der Waals surface area contributed by atoms with Gasteiger partial charge in [-0.2, -0.15) is 0 Å². The van der Waals surface area contributed by atoms with Crippen LogP contribution in [0.2, 0.25) is 0 Å². The van der Waals surface area contributed by atoms with E-state index in [9.17, 15) is 13.6 Å². The lowest BCUT2D eigenvalue weighted by atomic mass is 9.97. The summed E-state index contributed by atoms with van der Waals surface area (Å²) in [6, 6.07) is 6.89. The molecule has 4 rings (SSSR count). The molecule has 2 aromatic heterocycles. The smallest absolute Gasteiger partial charge is 0.415 e. The molecule has 29 heavy (non-hydrogen) atoms. The predicted molar refractivity (Wildman–Crippen MR) is 98.2 cm³/mol. The van der Waals surface area contributed by atoms with E-state index >= 15 is 0 Å². The molecule has 1 fully saturated rings. The number of amides is 1. The summed E-state index contributed by atoms with van der Waals surface area (Å²) < 4.78 is 37.5. The molecule has 1 aliphatic rings. The summed E-state index contributed by atoms with van der Waals surface area (Å²) in [7, 11) is 0. The number of aryl methyl sites for hydroxylation is 1. The van der Waals surface area contributed by atoms with Crippen LogP contribution < -0.4 is 4.74 Å². The summed E-state index contributed by atoms with van der Waals surface area (Å²) in [5.74, 6) is -0.984. The number of halogens is 2. The van der Waals surface area contributed by atoms with Gasteiger partial charge in [0.15, 0.2) is 17.4 Å². The van der Waals surface area contributed by atoms with E-state index in [0.29, 0.717) is 43.1 Å². The second-order valence-electron chi connectivity index (χ2n) is 6.84. The van der Waals surface area contributed by atoms with Gasteiger partial charge < -0.3 is 14.1 Å². The van der Waals surface area contributed by atoms with Gasteiger partial charge in [-0.3, -0.25) is 4.98 Å². The quantitative estimate of drug-likeness (QED) is 0.659. The van der Waals surface area contributed by atoms with E-state index in [2.05, 4.69) is 15.2 Å². The molecule has 1 amide bonds. The third kappa shape index (κ3) is 4.23. The molecule has 0 saturated carbocycles. The number of ether oxygens (including phenoxy) is 1. The van der Waals surface area contributed by atoms with Gasteiger partial charge in [-0.05, 0) is 50.1 Å². The minimum atomic E-state index is -0.974. The molecule has 0 spiro atoms. The molecule has 0 bridgehead atoms. The fourth-order valence-corrected chi connectivity index (χ4v) is 3.13.